The number of rotatable bonds is 8. The number of fused-ring (bicyclic) bond motifs is 1. The first-order chi connectivity index (χ1) is 14.3. The molecule has 8 nitrogen and oxygen atoms in total. The minimum atomic E-state index is -3.88. The molecule has 158 valence electrons. The number of nitrogens with one attached hydrogen (secondary N) is 1. The lowest BCUT2D eigenvalue weighted by Gasteiger charge is -2.20. The number of pyridine rings is 1. The average Bonchev–Trinajstić information content (AvgIpc) is 2.73. The van der Waals surface area contributed by atoms with Crippen molar-refractivity contribution in [1.29, 1.82) is 0 Å². The van der Waals surface area contributed by atoms with E-state index in [1.54, 1.807) is 31.3 Å². The van der Waals surface area contributed by atoms with Gasteiger partial charge in [0.05, 0.1) is 11.6 Å². The van der Waals surface area contributed by atoms with Gasteiger partial charge in [-0.1, -0.05) is 18.2 Å². The number of sulfonamides is 1. The number of para-hydroxylation sites is 1. The van der Waals surface area contributed by atoms with E-state index < -0.39 is 16.1 Å². The first-order valence-corrected chi connectivity index (χ1v) is 10.8. The molecule has 0 aliphatic carbocycles. The Labute approximate surface area is 174 Å². The van der Waals surface area contributed by atoms with Crippen LogP contribution in [-0.4, -0.2) is 60.7 Å². The predicted molar refractivity (Wildman–Crippen MR) is 114 cm³/mol. The third-order valence-corrected chi connectivity index (χ3v) is 5.98. The number of anilines is 1. The lowest BCUT2D eigenvalue weighted by molar-refractivity contribution is 0.0630. The molecule has 3 N–H and O–H groups in total. The Balaban J connectivity index is 1.76. The van der Waals surface area contributed by atoms with E-state index in [-0.39, 0.29) is 30.4 Å². The molecule has 30 heavy (non-hydrogen) atoms. The minimum absolute atomic E-state index is 0.0679. The van der Waals surface area contributed by atoms with Gasteiger partial charge in [0.2, 0.25) is 0 Å². The number of amides is 1. The highest BCUT2D eigenvalue weighted by atomic mass is 32.2. The SMILES string of the molecule is CN(CC(O)CCO)C(=O)c1ccc(NS(=O)(=O)c2cccc3cccnc23)cc1. The molecule has 1 aromatic heterocycles. The van der Waals surface area contributed by atoms with Crippen molar-refractivity contribution in [2.45, 2.75) is 17.4 Å². The molecule has 1 heterocycles. The van der Waals surface area contributed by atoms with Gasteiger partial charge in [0.15, 0.2) is 0 Å². The zero-order chi connectivity index (χ0) is 21.7. The van der Waals surface area contributed by atoms with Crippen molar-refractivity contribution in [2.75, 3.05) is 24.9 Å². The fraction of sp³-hybridized carbons (Fsp3) is 0.238. The number of likely N-dealkylation sites (N-methyl/N-ethyl adjacent to an activating group) is 1. The standard InChI is InChI=1S/C21H23N3O5S/c1-24(14-18(26)11-13-25)21(27)16-7-9-17(10-8-16)23-30(28,29)19-6-2-4-15-5-3-12-22-20(15)19/h2-10,12,18,23,25-26H,11,13-14H2,1H3. The first kappa shape index (κ1) is 21.7. The van der Waals surface area contributed by atoms with Crippen LogP contribution in [0.25, 0.3) is 10.9 Å². The number of nitrogens with zero attached hydrogens (tertiary/aromatic N) is 2. The second-order valence-corrected chi connectivity index (χ2v) is 8.52. The van der Waals surface area contributed by atoms with Crippen molar-refractivity contribution in [3.63, 3.8) is 0 Å². The molecule has 9 heteroatoms. The van der Waals surface area contributed by atoms with E-state index in [1.165, 1.54) is 41.4 Å². The summed E-state index contributed by atoms with van der Waals surface area (Å²) in [5.74, 6) is -0.320. The molecule has 1 unspecified atom stereocenters. The maximum Gasteiger partial charge on any atom is 0.264 e. The Morgan fingerprint density at radius 1 is 1.13 bits per heavy atom. The highest BCUT2D eigenvalue weighted by molar-refractivity contribution is 7.93. The number of aliphatic hydroxyl groups excluding tert-OH is 2. The van der Waals surface area contributed by atoms with Crippen LogP contribution in [0, 0.1) is 0 Å². The van der Waals surface area contributed by atoms with Gasteiger partial charge in [-0.25, -0.2) is 8.42 Å². The Morgan fingerprint density at radius 3 is 2.53 bits per heavy atom. The summed E-state index contributed by atoms with van der Waals surface area (Å²) in [6, 6.07) is 14.5. The van der Waals surface area contributed by atoms with E-state index >= 15 is 0 Å². The summed E-state index contributed by atoms with van der Waals surface area (Å²) in [5.41, 5.74) is 1.04. The molecule has 1 amide bonds. The summed E-state index contributed by atoms with van der Waals surface area (Å²) in [6.45, 7) is -0.0773. The van der Waals surface area contributed by atoms with Gasteiger partial charge in [-0.15, -0.1) is 0 Å². The molecule has 0 aliphatic rings. The van der Waals surface area contributed by atoms with Crippen LogP contribution in [0.15, 0.2) is 65.7 Å². The van der Waals surface area contributed by atoms with E-state index in [9.17, 15) is 18.3 Å². The number of benzene rings is 2. The summed E-state index contributed by atoms with van der Waals surface area (Å²) in [7, 11) is -2.33. The third-order valence-electron chi connectivity index (χ3n) is 4.56. The normalized spacial score (nSPS) is 12.5. The molecule has 0 fully saturated rings. The van der Waals surface area contributed by atoms with Gasteiger partial charge in [0, 0.05) is 43.0 Å². The zero-order valence-electron chi connectivity index (χ0n) is 16.4. The molecule has 0 spiro atoms. The Morgan fingerprint density at radius 2 is 1.83 bits per heavy atom. The van der Waals surface area contributed by atoms with Crippen LogP contribution < -0.4 is 4.72 Å². The smallest absolute Gasteiger partial charge is 0.264 e. The molecular weight excluding hydrogens is 406 g/mol. The fourth-order valence-electron chi connectivity index (χ4n) is 3.04. The molecular formula is C21H23N3O5S. The van der Waals surface area contributed by atoms with Crippen LogP contribution in [0.2, 0.25) is 0 Å². The van der Waals surface area contributed by atoms with Crippen LogP contribution in [0.3, 0.4) is 0 Å². The summed E-state index contributed by atoms with van der Waals surface area (Å²) in [5, 5.41) is 19.3. The number of carbonyl (C=O) groups excluding carboxylic acids is 1. The lowest BCUT2D eigenvalue weighted by Crippen LogP contribution is -2.34. The Hall–Kier alpha value is -3.01. The summed E-state index contributed by atoms with van der Waals surface area (Å²) in [6.07, 6.45) is 0.904. The number of carbonyl (C=O) groups is 1. The predicted octanol–water partition coefficient (Wildman–Crippen LogP) is 1.85. The number of aliphatic hydroxyl groups is 2. The highest BCUT2D eigenvalue weighted by Crippen LogP contribution is 2.23. The average molecular weight is 429 g/mol. The second kappa shape index (κ2) is 9.21. The van der Waals surface area contributed by atoms with Crippen molar-refractivity contribution >= 4 is 32.5 Å². The van der Waals surface area contributed by atoms with E-state index in [0.29, 0.717) is 22.2 Å². The zero-order valence-corrected chi connectivity index (χ0v) is 17.2. The molecule has 0 radical (unpaired) electrons. The van der Waals surface area contributed by atoms with Gasteiger partial charge < -0.3 is 15.1 Å². The molecule has 0 bridgehead atoms. The topological polar surface area (TPSA) is 120 Å². The van der Waals surface area contributed by atoms with Gasteiger partial charge >= 0.3 is 0 Å². The second-order valence-electron chi connectivity index (χ2n) is 6.87. The minimum Gasteiger partial charge on any atom is -0.396 e. The van der Waals surface area contributed by atoms with Crippen LogP contribution in [0.5, 0.6) is 0 Å². The highest BCUT2D eigenvalue weighted by Gasteiger charge is 2.19. The molecule has 3 rings (SSSR count). The van der Waals surface area contributed by atoms with Gasteiger partial charge in [-0.3, -0.25) is 14.5 Å². The van der Waals surface area contributed by atoms with Crippen LogP contribution in [0.1, 0.15) is 16.8 Å². The third kappa shape index (κ3) is 4.93. The van der Waals surface area contributed by atoms with Crippen molar-refractivity contribution in [1.82, 2.24) is 9.88 Å². The summed E-state index contributed by atoms with van der Waals surface area (Å²) < 4.78 is 28.2. The van der Waals surface area contributed by atoms with Crippen LogP contribution in [-0.2, 0) is 10.0 Å². The Bertz CT molecular complexity index is 1130. The molecule has 0 saturated carbocycles. The number of aromatic nitrogens is 1. The summed E-state index contributed by atoms with van der Waals surface area (Å²) in [4.78, 5) is 18.0. The van der Waals surface area contributed by atoms with Gasteiger partial charge in [-0.2, -0.15) is 0 Å². The lowest BCUT2D eigenvalue weighted by atomic mass is 10.1. The van der Waals surface area contributed by atoms with Crippen molar-refractivity contribution < 1.29 is 23.4 Å². The van der Waals surface area contributed by atoms with E-state index in [2.05, 4.69) is 9.71 Å². The monoisotopic (exact) mass is 429 g/mol. The van der Waals surface area contributed by atoms with Gasteiger partial charge in [0.25, 0.3) is 15.9 Å². The molecule has 0 saturated heterocycles. The molecule has 2 aromatic carbocycles. The number of hydrogen-bond donors (Lipinski definition) is 3. The number of hydrogen-bond acceptors (Lipinski definition) is 6. The molecule has 0 aliphatic heterocycles. The maximum absolute atomic E-state index is 12.9. The molecule has 3 aromatic rings. The largest absolute Gasteiger partial charge is 0.396 e. The van der Waals surface area contributed by atoms with Crippen molar-refractivity contribution in [2.24, 2.45) is 0 Å². The van der Waals surface area contributed by atoms with Gasteiger partial charge in [0.1, 0.15) is 4.90 Å². The van der Waals surface area contributed by atoms with Crippen LogP contribution in [0.4, 0.5) is 5.69 Å². The van der Waals surface area contributed by atoms with Gasteiger partial charge in [-0.05, 0) is 42.8 Å². The Kier molecular flexibility index (Phi) is 6.66. The first-order valence-electron chi connectivity index (χ1n) is 9.33. The maximum atomic E-state index is 12.9. The van der Waals surface area contributed by atoms with Crippen molar-refractivity contribution in [3.8, 4) is 0 Å². The molecule has 1 atom stereocenters. The van der Waals surface area contributed by atoms with Crippen molar-refractivity contribution in [3.05, 3.63) is 66.4 Å². The summed E-state index contributed by atoms with van der Waals surface area (Å²) >= 11 is 0. The van der Waals surface area contributed by atoms with E-state index in [1.807, 2.05) is 0 Å². The van der Waals surface area contributed by atoms with E-state index in [4.69, 9.17) is 5.11 Å². The van der Waals surface area contributed by atoms with Crippen LogP contribution >= 0.6 is 0 Å². The fourth-order valence-corrected chi connectivity index (χ4v) is 4.28. The quantitative estimate of drug-likeness (QED) is 0.503. The van der Waals surface area contributed by atoms with E-state index in [0.717, 1.165) is 0 Å².